The second-order valence-electron chi connectivity index (χ2n) is 6.44. The summed E-state index contributed by atoms with van der Waals surface area (Å²) in [6.45, 7) is 4.69. The van der Waals surface area contributed by atoms with Gasteiger partial charge >= 0.3 is 0 Å². The molecule has 0 atom stereocenters. The van der Waals surface area contributed by atoms with Crippen molar-refractivity contribution in [2.24, 2.45) is 4.99 Å². The van der Waals surface area contributed by atoms with Crippen LogP contribution in [0.3, 0.4) is 0 Å². The van der Waals surface area contributed by atoms with E-state index in [2.05, 4.69) is 69.1 Å². The van der Waals surface area contributed by atoms with E-state index in [4.69, 9.17) is 4.74 Å². The third-order valence-electron chi connectivity index (χ3n) is 4.43. The Morgan fingerprint density at radius 2 is 1.75 bits per heavy atom. The second kappa shape index (κ2) is 12.4. The lowest BCUT2D eigenvalue weighted by Gasteiger charge is -2.19. The first-order valence-corrected chi connectivity index (χ1v) is 9.40. The molecule has 0 unspecified atom stereocenters. The number of nitrogens with zero attached hydrogens (tertiary/aromatic N) is 2. The standard InChI is InChI=1S/C22H28N4O.HI/c1-23-22(24-12-15-27-18-19-8-3-2-4-9-19)25-17-20-10-7-11-21(16-20)26-13-5-6-14-26;/h2-11,16H,12-15,17-18H2,1H3,(H2,23,24,25);1H. The maximum atomic E-state index is 5.69. The molecule has 1 aliphatic heterocycles. The smallest absolute Gasteiger partial charge is 0.191 e. The van der Waals surface area contributed by atoms with Crippen LogP contribution < -0.4 is 15.5 Å². The van der Waals surface area contributed by atoms with Crippen LogP contribution in [0.2, 0.25) is 0 Å². The van der Waals surface area contributed by atoms with Crippen LogP contribution in [0.15, 0.2) is 71.7 Å². The largest absolute Gasteiger partial charge is 0.375 e. The zero-order valence-electron chi connectivity index (χ0n) is 16.3. The van der Waals surface area contributed by atoms with Gasteiger partial charge in [0.05, 0.1) is 13.2 Å². The predicted octanol–water partition coefficient (Wildman–Crippen LogP) is 3.56. The van der Waals surface area contributed by atoms with E-state index in [1.807, 2.05) is 18.2 Å². The summed E-state index contributed by atoms with van der Waals surface area (Å²) < 4.78 is 5.69. The molecule has 6 heteroatoms. The number of anilines is 1. The van der Waals surface area contributed by atoms with Gasteiger partial charge in [-0.2, -0.15) is 0 Å². The molecule has 5 nitrogen and oxygen atoms in total. The van der Waals surface area contributed by atoms with E-state index in [0.717, 1.165) is 25.6 Å². The van der Waals surface area contributed by atoms with Crippen molar-refractivity contribution < 1.29 is 4.74 Å². The quantitative estimate of drug-likeness (QED) is 0.195. The highest BCUT2D eigenvalue weighted by Gasteiger charge is 2.08. The van der Waals surface area contributed by atoms with Gasteiger partial charge in [-0.05, 0) is 23.3 Å². The van der Waals surface area contributed by atoms with Crippen LogP contribution in [-0.2, 0) is 17.9 Å². The lowest BCUT2D eigenvalue weighted by Crippen LogP contribution is -2.38. The van der Waals surface area contributed by atoms with Crippen molar-refractivity contribution in [1.29, 1.82) is 0 Å². The van der Waals surface area contributed by atoms with Gasteiger partial charge in [0.25, 0.3) is 0 Å². The Balaban J connectivity index is 0.00000280. The molecule has 2 aromatic carbocycles. The number of ether oxygens (including phenoxy) is 1. The number of benzene rings is 2. The van der Waals surface area contributed by atoms with Crippen molar-refractivity contribution in [3.05, 3.63) is 77.9 Å². The van der Waals surface area contributed by atoms with E-state index in [1.54, 1.807) is 7.05 Å². The van der Waals surface area contributed by atoms with Crippen molar-refractivity contribution in [2.45, 2.75) is 13.2 Å². The van der Waals surface area contributed by atoms with E-state index in [9.17, 15) is 0 Å². The fraction of sp³-hybridized carbons (Fsp3) is 0.318. The Morgan fingerprint density at radius 3 is 2.50 bits per heavy atom. The van der Waals surface area contributed by atoms with Crippen molar-refractivity contribution in [1.82, 2.24) is 10.6 Å². The van der Waals surface area contributed by atoms with Gasteiger partial charge in [-0.25, -0.2) is 0 Å². The van der Waals surface area contributed by atoms with Crippen molar-refractivity contribution in [3.63, 3.8) is 0 Å². The Labute approximate surface area is 184 Å². The topological polar surface area (TPSA) is 48.9 Å². The molecule has 28 heavy (non-hydrogen) atoms. The molecule has 2 aromatic rings. The summed E-state index contributed by atoms with van der Waals surface area (Å²) in [5, 5.41) is 6.65. The first-order valence-electron chi connectivity index (χ1n) is 9.40. The minimum absolute atomic E-state index is 0. The second-order valence-corrected chi connectivity index (χ2v) is 6.44. The average Bonchev–Trinajstić information content (AvgIpc) is 3.26. The third kappa shape index (κ3) is 7.16. The monoisotopic (exact) mass is 492 g/mol. The van der Waals surface area contributed by atoms with Gasteiger partial charge in [-0.15, -0.1) is 24.0 Å². The molecule has 3 rings (SSSR count). The first kappa shape index (κ1) is 22.2. The summed E-state index contributed by atoms with van der Waals surface area (Å²) in [5.74, 6) is 0.784. The molecule has 0 saturated carbocycles. The molecule has 0 aromatic heterocycles. The molecule has 0 amide bonds. The Bertz CT molecular complexity index is 756. The van der Waals surface area contributed by atoms with Crippen LogP contribution in [0.5, 0.6) is 0 Å². The molecule has 0 spiro atoms. The van der Waals surface area contributed by atoms with Gasteiger partial charge in [0.1, 0.15) is 0 Å². The van der Waals surface area contributed by atoms with Crippen LogP contribution >= 0.6 is 24.0 Å². The number of nitrogens with one attached hydrogen (secondary N) is 2. The molecule has 150 valence electrons. The molecular weight excluding hydrogens is 463 g/mol. The predicted molar refractivity (Wildman–Crippen MR) is 128 cm³/mol. The highest BCUT2D eigenvalue weighted by atomic mass is 127. The Morgan fingerprint density at radius 1 is 1.00 bits per heavy atom. The van der Waals surface area contributed by atoms with Crippen molar-refractivity contribution >= 4 is 35.6 Å². The number of aliphatic imine (C=N–C) groups is 1. The average molecular weight is 492 g/mol. The number of rotatable bonds is 8. The summed E-state index contributed by atoms with van der Waals surface area (Å²) >= 11 is 0. The van der Waals surface area contributed by atoms with Gasteiger partial charge in [-0.1, -0.05) is 54.6 Å². The molecule has 0 bridgehead atoms. The van der Waals surface area contributed by atoms with E-state index >= 15 is 0 Å². The zero-order chi connectivity index (χ0) is 18.7. The van der Waals surface area contributed by atoms with Crippen molar-refractivity contribution in [2.75, 3.05) is 38.2 Å². The molecule has 1 aliphatic rings. The Hall–Kier alpha value is -2.06. The minimum Gasteiger partial charge on any atom is -0.375 e. The SMILES string of the molecule is CN=C(NCCOCc1ccccc1)NCc1cccc(N2CC=CC2)c1.I. The molecule has 0 aliphatic carbocycles. The van der Waals surface area contributed by atoms with Gasteiger partial charge in [0.2, 0.25) is 0 Å². The molecule has 0 radical (unpaired) electrons. The van der Waals surface area contributed by atoms with E-state index in [0.29, 0.717) is 19.8 Å². The summed E-state index contributed by atoms with van der Waals surface area (Å²) in [4.78, 5) is 6.63. The number of guanidine groups is 1. The lowest BCUT2D eigenvalue weighted by atomic mass is 10.2. The summed E-state index contributed by atoms with van der Waals surface area (Å²) in [5.41, 5.74) is 3.69. The Kier molecular flexibility index (Phi) is 9.85. The van der Waals surface area contributed by atoms with E-state index < -0.39 is 0 Å². The highest BCUT2D eigenvalue weighted by Crippen LogP contribution is 2.18. The number of hydrogen-bond donors (Lipinski definition) is 2. The molecule has 0 fully saturated rings. The van der Waals surface area contributed by atoms with Gasteiger partial charge in [0.15, 0.2) is 5.96 Å². The maximum absolute atomic E-state index is 5.69. The van der Waals surface area contributed by atoms with E-state index in [-0.39, 0.29) is 24.0 Å². The van der Waals surface area contributed by atoms with Crippen LogP contribution in [0.25, 0.3) is 0 Å². The highest BCUT2D eigenvalue weighted by molar-refractivity contribution is 14.0. The van der Waals surface area contributed by atoms with Crippen molar-refractivity contribution in [3.8, 4) is 0 Å². The molecular formula is C22H29IN4O. The third-order valence-corrected chi connectivity index (χ3v) is 4.43. The summed E-state index contributed by atoms with van der Waals surface area (Å²) in [7, 11) is 1.78. The zero-order valence-corrected chi connectivity index (χ0v) is 18.6. The maximum Gasteiger partial charge on any atom is 0.191 e. The fourth-order valence-electron chi connectivity index (χ4n) is 2.96. The van der Waals surface area contributed by atoms with E-state index in [1.165, 1.54) is 16.8 Å². The normalized spacial score (nSPS) is 13.3. The molecule has 0 saturated heterocycles. The van der Waals surface area contributed by atoms with Gasteiger partial charge in [-0.3, -0.25) is 4.99 Å². The minimum atomic E-state index is 0. The summed E-state index contributed by atoms with van der Waals surface area (Å²) in [6, 6.07) is 18.8. The lowest BCUT2D eigenvalue weighted by molar-refractivity contribution is 0.125. The number of hydrogen-bond acceptors (Lipinski definition) is 3. The van der Waals surface area contributed by atoms with Crippen LogP contribution in [0.4, 0.5) is 5.69 Å². The van der Waals surface area contributed by atoms with Crippen LogP contribution in [-0.4, -0.2) is 39.2 Å². The fourth-order valence-corrected chi connectivity index (χ4v) is 2.96. The number of halogens is 1. The first-order chi connectivity index (χ1) is 13.3. The van der Waals surface area contributed by atoms with Gasteiger partial charge < -0.3 is 20.3 Å². The van der Waals surface area contributed by atoms with Gasteiger partial charge in [0, 0.05) is 38.9 Å². The van der Waals surface area contributed by atoms with Crippen LogP contribution in [0.1, 0.15) is 11.1 Å². The molecule has 2 N–H and O–H groups in total. The van der Waals surface area contributed by atoms with Crippen LogP contribution in [0, 0.1) is 0 Å². The summed E-state index contributed by atoms with van der Waals surface area (Å²) in [6.07, 6.45) is 4.41. The molecule has 1 heterocycles.